The van der Waals surface area contributed by atoms with E-state index in [9.17, 15) is 5.11 Å². The van der Waals surface area contributed by atoms with Crippen molar-refractivity contribution >= 4 is 66.8 Å². The molecule has 0 saturated heterocycles. The van der Waals surface area contributed by atoms with Gasteiger partial charge in [0, 0.05) is 49.7 Å². The number of allylic oxidation sites excluding steroid dienone is 2. The number of benzene rings is 12. The molecular weight excluding hydrogens is 989 g/mol. The molecule has 12 aromatic carbocycles. The SMILES string of the molecule is Oc1c(-c2ccccc2)cccc1N(c1ccc(-c2ccccc2)cc1-c1ccccc1)c1c2c(c(N(c3ccc(-c4ccccc4)cc3-c3ccccc3)c3cccc4c3oc3ccccc34)c3ccccc13)C1C=CC=CC1O2. The highest BCUT2D eigenvalue weighted by atomic mass is 16.5. The Hall–Kier alpha value is -10.6. The molecule has 384 valence electrons. The maximum atomic E-state index is 13.2. The molecular formula is C76H52N2O3. The number of hydrogen-bond donors (Lipinski definition) is 1. The van der Waals surface area contributed by atoms with Gasteiger partial charge < -0.3 is 24.1 Å². The van der Waals surface area contributed by atoms with Gasteiger partial charge in [-0.2, -0.15) is 0 Å². The molecule has 2 aliphatic rings. The summed E-state index contributed by atoms with van der Waals surface area (Å²) in [6, 6.07) is 95.8. The van der Waals surface area contributed by atoms with Crippen LogP contribution in [0.2, 0.25) is 0 Å². The molecule has 5 heteroatoms. The normalized spacial score (nSPS) is 14.2. The molecule has 0 amide bonds. The molecule has 0 spiro atoms. The minimum atomic E-state index is -0.350. The van der Waals surface area contributed by atoms with Gasteiger partial charge in [0.15, 0.2) is 11.3 Å². The molecule has 5 nitrogen and oxygen atoms in total. The van der Waals surface area contributed by atoms with Crippen LogP contribution in [0.25, 0.3) is 88.3 Å². The van der Waals surface area contributed by atoms with Crippen molar-refractivity contribution in [1.82, 2.24) is 0 Å². The number of phenolic OH excluding ortho intramolecular Hbond substituents is 1. The number of phenols is 1. The van der Waals surface area contributed by atoms with E-state index in [2.05, 4.69) is 265 Å². The Morgan fingerprint density at radius 3 is 1.38 bits per heavy atom. The van der Waals surface area contributed by atoms with Gasteiger partial charge in [-0.15, -0.1) is 0 Å². The van der Waals surface area contributed by atoms with Crippen LogP contribution in [0.1, 0.15) is 11.5 Å². The molecule has 13 aromatic rings. The maximum Gasteiger partial charge on any atom is 0.159 e. The van der Waals surface area contributed by atoms with Gasteiger partial charge in [-0.3, -0.25) is 0 Å². The predicted octanol–water partition coefficient (Wildman–Crippen LogP) is 20.7. The summed E-state index contributed by atoms with van der Waals surface area (Å²) in [6.07, 6.45) is 8.36. The van der Waals surface area contributed by atoms with Crippen molar-refractivity contribution in [1.29, 1.82) is 0 Å². The van der Waals surface area contributed by atoms with Gasteiger partial charge in [-0.25, -0.2) is 0 Å². The van der Waals surface area contributed by atoms with E-state index in [1.165, 1.54) is 0 Å². The molecule has 2 atom stereocenters. The lowest BCUT2D eigenvalue weighted by molar-refractivity contribution is 0.270. The fraction of sp³-hybridized carbons (Fsp3) is 0.0263. The van der Waals surface area contributed by atoms with E-state index in [-0.39, 0.29) is 17.8 Å². The highest BCUT2D eigenvalue weighted by Crippen LogP contribution is 2.62. The zero-order valence-electron chi connectivity index (χ0n) is 44.1. The van der Waals surface area contributed by atoms with Crippen molar-refractivity contribution in [2.45, 2.75) is 12.0 Å². The number of ether oxygens (including phenoxy) is 1. The number of aromatic hydroxyl groups is 1. The first kappa shape index (κ1) is 47.6. The van der Waals surface area contributed by atoms with E-state index in [0.29, 0.717) is 5.69 Å². The zero-order valence-corrected chi connectivity index (χ0v) is 44.1. The van der Waals surface area contributed by atoms with Gasteiger partial charge in [-0.1, -0.05) is 249 Å². The number of furan rings is 1. The van der Waals surface area contributed by atoms with Gasteiger partial charge in [0.2, 0.25) is 0 Å². The van der Waals surface area contributed by atoms with Gasteiger partial charge in [-0.05, 0) is 87.5 Å². The maximum absolute atomic E-state index is 13.2. The standard InChI is InChI=1S/C76H52N2O3/c79-74-57(52-28-10-3-11-29-52)38-22-40-67(74)77(65-46-44-55(50-24-6-1-7-25-50)48-63(65)53-30-12-4-13-31-53)73-60-36-17-16-35-59(60)72(71-62-37-19-21-43-70(62)81-76(71)73)78(68-41-23-39-61-58-34-18-20-42-69(58)80-75(61)68)66-47-45-56(51-26-8-2-9-27-51)49-64(66)54-32-14-5-15-33-54/h1-49,62,70,79H. The van der Waals surface area contributed by atoms with E-state index in [1.54, 1.807) is 0 Å². The Kier molecular flexibility index (Phi) is 11.7. The molecule has 1 aliphatic heterocycles. The van der Waals surface area contributed by atoms with Crippen LogP contribution in [0.5, 0.6) is 11.5 Å². The number of nitrogens with zero attached hydrogens (tertiary/aromatic N) is 2. The van der Waals surface area contributed by atoms with Crippen LogP contribution >= 0.6 is 0 Å². The smallest absolute Gasteiger partial charge is 0.159 e. The number of rotatable bonds is 11. The lowest BCUT2D eigenvalue weighted by Crippen LogP contribution is -2.18. The van der Waals surface area contributed by atoms with Crippen LogP contribution in [0.3, 0.4) is 0 Å². The monoisotopic (exact) mass is 1040 g/mol. The third kappa shape index (κ3) is 8.17. The van der Waals surface area contributed by atoms with E-state index < -0.39 is 0 Å². The quantitative estimate of drug-likeness (QED) is 0.131. The molecule has 0 saturated carbocycles. The van der Waals surface area contributed by atoms with Crippen molar-refractivity contribution in [3.8, 4) is 67.1 Å². The number of fused-ring (bicyclic) bond motifs is 7. The van der Waals surface area contributed by atoms with Gasteiger partial charge >= 0.3 is 0 Å². The Labute approximate surface area is 470 Å². The summed E-state index contributed by atoms with van der Waals surface area (Å²) in [5.41, 5.74) is 17.9. The Balaban J connectivity index is 1.09. The number of para-hydroxylation sites is 3. The molecule has 1 N–H and O–H groups in total. The second kappa shape index (κ2) is 20.0. The zero-order chi connectivity index (χ0) is 53.8. The molecule has 2 heterocycles. The molecule has 0 radical (unpaired) electrons. The first-order valence-corrected chi connectivity index (χ1v) is 27.6. The van der Waals surface area contributed by atoms with Crippen molar-refractivity contribution in [3.63, 3.8) is 0 Å². The number of anilines is 6. The molecule has 0 fully saturated rings. The van der Waals surface area contributed by atoms with Crippen molar-refractivity contribution in [3.05, 3.63) is 303 Å². The summed E-state index contributed by atoms with van der Waals surface area (Å²) in [5, 5.41) is 17.2. The third-order valence-electron chi connectivity index (χ3n) is 16.1. The fourth-order valence-electron chi connectivity index (χ4n) is 12.4. The van der Waals surface area contributed by atoms with Gasteiger partial charge in [0.1, 0.15) is 17.4 Å². The number of hydrogen-bond acceptors (Lipinski definition) is 5. The molecule has 1 aromatic heterocycles. The largest absolute Gasteiger partial charge is 0.505 e. The van der Waals surface area contributed by atoms with Crippen LogP contribution in [0.15, 0.2) is 302 Å². The Morgan fingerprint density at radius 1 is 0.333 bits per heavy atom. The lowest BCUT2D eigenvalue weighted by Gasteiger charge is -2.35. The second-order valence-electron chi connectivity index (χ2n) is 20.8. The van der Waals surface area contributed by atoms with E-state index >= 15 is 0 Å². The summed E-state index contributed by atoms with van der Waals surface area (Å²) >= 11 is 0. The summed E-state index contributed by atoms with van der Waals surface area (Å²) < 4.78 is 14.7. The minimum Gasteiger partial charge on any atom is -0.505 e. The van der Waals surface area contributed by atoms with Gasteiger partial charge in [0.25, 0.3) is 0 Å². The van der Waals surface area contributed by atoms with Crippen LogP contribution in [0.4, 0.5) is 34.1 Å². The van der Waals surface area contributed by atoms with Gasteiger partial charge in [0.05, 0.1) is 34.1 Å². The summed E-state index contributed by atoms with van der Waals surface area (Å²) in [5.74, 6) is 0.648. The van der Waals surface area contributed by atoms with Crippen LogP contribution in [0, 0.1) is 0 Å². The van der Waals surface area contributed by atoms with Crippen LogP contribution < -0.4 is 14.5 Å². The van der Waals surface area contributed by atoms with Crippen molar-refractivity contribution in [2.24, 2.45) is 0 Å². The van der Waals surface area contributed by atoms with E-state index in [0.717, 1.165) is 128 Å². The van der Waals surface area contributed by atoms with Crippen LogP contribution in [-0.2, 0) is 0 Å². The predicted molar refractivity (Wildman–Crippen MR) is 335 cm³/mol. The summed E-state index contributed by atoms with van der Waals surface area (Å²) in [7, 11) is 0. The first-order chi connectivity index (χ1) is 40.1. The minimum absolute atomic E-state index is 0.149. The second-order valence-corrected chi connectivity index (χ2v) is 20.8. The topological polar surface area (TPSA) is 49.1 Å². The molecule has 0 bridgehead atoms. The molecule has 81 heavy (non-hydrogen) atoms. The van der Waals surface area contributed by atoms with E-state index in [1.807, 2.05) is 42.5 Å². The fourth-order valence-corrected chi connectivity index (χ4v) is 12.4. The van der Waals surface area contributed by atoms with Crippen LogP contribution in [-0.4, -0.2) is 11.2 Å². The molecule has 1 aliphatic carbocycles. The average Bonchev–Trinajstić information content (AvgIpc) is 4.36. The highest BCUT2D eigenvalue weighted by molar-refractivity contribution is 6.17. The highest BCUT2D eigenvalue weighted by Gasteiger charge is 2.43. The lowest BCUT2D eigenvalue weighted by atomic mass is 9.86. The summed E-state index contributed by atoms with van der Waals surface area (Å²) in [4.78, 5) is 4.72. The molecule has 15 rings (SSSR count). The van der Waals surface area contributed by atoms with Crippen molar-refractivity contribution < 1.29 is 14.3 Å². The molecule has 2 unspecified atom stereocenters. The first-order valence-electron chi connectivity index (χ1n) is 27.6. The van der Waals surface area contributed by atoms with Crippen molar-refractivity contribution in [2.75, 3.05) is 9.80 Å². The Bertz CT molecular complexity index is 4570. The third-order valence-corrected chi connectivity index (χ3v) is 16.1. The summed E-state index contributed by atoms with van der Waals surface area (Å²) in [6.45, 7) is 0. The average molecular weight is 1040 g/mol. The van der Waals surface area contributed by atoms with E-state index in [4.69, 9.17) is 9.15 Å². The Morgan fingerprint density at radius 2 is 0.790 bits per heavy atom.